The molecule has 1 aliphatic rings. The van der Waals surface area contributed by atoms with Crippen molar-refractivity contribution in [3.05, 3.63) is 86.8 Å². The number of thiophene rings is 1. The normalized spacial score (nSPS) is 13.5. The summed E-state index contributed by atoms with van der Waals surface area (Å²) in [4.78, 5) is 31.4. The number of esters is 1. The number of aliphatic imine (C=N–C) groups is 1. The fourth-order valence-electron chi connectivity index (χ4n) is 6.44. The molecule has 0 saturated heterocycles. The van der Waals surface area contributed by atoms with Crippen LogP contribution in [0.15, 0.2) is 53.5 Å². The molecule has 17 nitrogen and oxygen atoms in total. The number of hydrogen-bond donors (Lipinski definition) is 1. The summed E-state index contributed by atoms with van der Waals surface area (Å²) in [6.45, 7) is 18.3. The fourth-order valence-corrected chi connectivity index (χ4v) is 7.78. The van der Waals surface area contributed by atoms with Crippen LogP contribution in [0.5, 0.6) is 5.75 Å². The van der Waals surface area contributed by atoms with E-state index in [1.807, 2.05) is 56.5 Å². The van der Waals surface area contributed by atoms with E-state index in [0.29, 0.717) is 128 Å². The van der Waals surface area contributed by atoms with Crippen LogP contribution in [0.25, 0.3) is 5.00 Å². The number of aromatic nitrogens is 3. The van der Waals surface area contributed by atoms with E-state index >= 15 is 0 Å². The number of carbonyl (C=O) groups excluding carboxylic acids is 2. The zero-order valence-electron chi connectivity index (χ0n) is 38.9. The van der Waals surface area contributed by atoms with Crippen LogP contribution in [0.1, 0.15) is 66.5 Å². The minimum Gasteiger partial charge on any atom is -0.491 e. The van der Waals surface area contributed by atoms with Crippen molar-refractivity contribution >= 4 is 46.2 Å². The average Bonchev–Trinajstić information content (AvgIpc) is 3.76. The number of nitrogens with zero attached hydrogens (tertiary/aromatic N) is 4. The molecular weight excluding hydrogens is 894 g/mol. The van der Waals surface area contributed by atoms with Crippen molar-refractivity contribution in [3.63, 3.8) is 0 Å². The predicted molar refractivity (Wildman–Crippen MR) is 251 cm³/mol. The number of benzene rings is 2. The minimum atomic E-state index is -0.572. The summed E-state index contributed by atoms with van der Waals surface area (Å²) in [6.07, 6.45) is 0.0685. The molecule has 1 N–H and O–H groups in total. The van der Waals surface area contributed by atoms with Gasteiger partial charge in [0.05, 0.1) is 111 Å². The van der Waals surface area contributed by atoms with Crippen LogP contribution in [0.4, 0.5) is 5.69 Å². The van der Waals surface area contributed by atoms with Crippen molar-refractivity contribution < 1.29 is 57.0 Å². The summed E-state index contributed by atoms with van der Waals surface area (Å²) in [6, 6.07) is 14.2. The monoisotopic (exact) mass is 957 g/mol. The summed E-state index contributed by atoms with van der Waals surface area (Å²) in [7, 11) is 0. The molecule has 4 aromatic rings. The number of aryl methyl sites for hydroxylation is 2. The second-order valence-electron chi connectivity index (χ2n) is 16.0. The van der Waals surface area contributed by atoms with Crippen LogP contribution in [0.2, 0.25) is 5.02 Å². The third kappa shape index (κ3) is 18.0. The predicted octanol–water partition coefficient (Wildman–Crippen LogP) is 6.68. The number of halogens is 1. The highest BCUT2D eigenvalue weighted by Crippen LogP contribution is 2.39. The lowest BCUT2D eigenvalue weighted by Crippen LogP contribution is -2.27. The lowest BCUT2D eigenvalue weighted by atomic mass is 9.99. The molecule has 19 heteroatoms. The molecule has 0 radical (unpaired) electrons. The third-order valence-electron chi connectivity index (χ3n) is 9.61. The Kier molecular flexibility index (Phi) is 22.4. The summed E-state index contributed by atoms with van der Waals surface area (Å²) < 4.78 is 56.9. The highest BCUT2D eigenvalue weighted by molar-refractivity contribution is 7.15. The highest BCUT2D eigenvalue weighted by atomic mass is 35.5. The number of hydrogen-bond acceptors (Lipinski definition) is 16. The van der Waals surface area contributed by atoms with E-state index in [4.69, 9.17) is 64.0 Å². The summed E-state index contributed by atoms with van der Waals surface area (Å²) in [5, 5.41) is 13.5. The number of amides is 1. The maximum atomic E-state index is 13.5. The quantitative estimate of drug-likeness (QED) is 0.0417. The van der Waals surface area contributed by atoms with Gasteiger partial charge in [-0.2, -0.15) is 0 Å². The van der Waals surface area contributed by atoms with Crippen molar-refractivity contribution in [2.75, 3.05) is 118 Å². The van der Waals surface area contributed by atoms with Gasteiger partial charge in [0.25, 0.3) is 0 Å². The number of anilines is 1. The number of ether oxygens (including phenoxy) is 10. The Balaban J connectivity index is 0.842. The Hall–Kier alpha value is -4.34. The van der Waals surface area contributed by atoms with Crippen LogP contribution in [-0.4, -0.2) is 150 Å². The molecule has 2 aromatic carbocycles. The molecule has 0 saturated carbocycles. The van der Waals surface area contributed by atoms with Crippen LogP contribution in [-0.2, 0) is 52.2 Å². The SMILES string of the molecule is Cc1sc2c(c1C)C(c1ccc(Cl)cc1)=N[C@@H](CC(=O)Nc1ccc(OCCOCCOCCOCCOCCOCCOCCOCCOCC(=O)OC(C)(C)C)cc1)c1nnc(C)n1-2. The van der Waals surface area contributed by atoms with Gasteiger partial charge in [-0.15, -0.1) is 21.5 Å². The molecule has 3 heterocycles. The highest BCUT2D eigenvalue weighted by Gasteiger charge is 2.32. The van der Waals surface area contributed by atoms with Crippen molar-refractivity contribution in [3.8, 4) is 10.8 Å². The zero-order chi connectivity index (χ0) is 47.2. The molecule has 362 valence electrons. The fraction of sp³-hybridized carbons (Fsp3) is 0.553. The molecule has 1 aliphatic heterocycles. The van der Waals surface area contributed by atoms with Crippen molar-refractivity contribution in [2.24, 2.45) is 4.99 Å². The first-order valence-corrected chi connectivity index (χ1v) is 23.3. The lowest BCUT2D eigenvalue weighted by Gasteiger charge is -2.19. The zero-order valence-corrected chi connectivity index (χ0v) is 40.5. The number of carbonyl (C=O) groups is 2. The molecule has 0 unspecified atom stereocenters. The van der Waals surface area contributed by atoms with E-state index in [1.54, 1.807) is 35.6 Å². The molecule has 0 bridgehead atoms. The van der Waals surface area contributed by atoms with Gasteiger partial charge in [-0.05, 0) is 83.5 Å². The van der Waals surface area contributed by atoms with E-state index in [9.17, 15) is 9.59 Å². The molecule has 0 fully saturated rings. The standard InChI is InChI=1S/C47H64ClN5O12S/c1-33-34(2)66-46-43(33)44(36-7-9-37(48)10-8-36)50-40(45-52-51-35(3)53(45)46)31-41(54)49-38-11-13-39(14-12-38)64-30-29-62-26-25-60-22-21-58-18-17-56-15-16-57-19-20-59-23-24-61-27-28-63-32-42(55)65-47(4,5)6/h7-14,40H,15-32H2,1-6H3,(H,49,54)/t40-/m0/s1. The summed E-state index contributed by atoms with van der Waals surface area (Å²) >= 11 is 7.91. The van der Waals surface area contributed by atoms with Gasteiger partial charge in [0, 0.05) is 26.7 Å². The maximum Gasteiger partial charge on any atom is 0.332 e. The van der Waals surface area contributed by atoms with Gasteiger partial charge in [0.15, 0.2) is 5.82 Å². The molecule has 66 heavy (non-hydrogen) atoms. The Morgan fingerprint density at radius 2 is 1.18 bits per heavy atom. The second kappa shape index (κ2) is 28.1. The van der Waals surface area contributed by atoms with Crippen LogP contribution < -0.4 is 10.1 Å². The molecule has 5 rings (SSSR count). The van der Waals surface area contributed by atoms with E-state index in [2.05, 4.69) is 29.4 Å². The van der Waals surface area contributed by atoms with E-state index in [1.165, 1.54) is 4.88 Å². The Morgan fingerprint density at radius 1 is 0.682 bits per heavy atom. The van der Waals surface area contributed by atoms with Gasteiger partial charge in [0.1, 0.15) is 41.4 Å². The maximum absolute atomic E-state index is 13.5. The van der Waals surface area contributed by atoms with Gasteiger partial charge in [-0.3, -0.25) is 14.4 Å². The van der Waals surface area contributed by atoms with Gasteiger partial charge in [-0.25, -0.2) is 4.79 Å². The van der Waals surface area contributed by atoms with Crippen molar-refractivity contribution in [2.45, 2.75) is 59.6 Å². The third-order valence-corrected chi connectivity index (χ3v) is 11.1. The molecule has 1 atom stereocenters. The molecular formula is C47H64ClN5O12S. The summed E-state index contributed by atoms with van der Waals surface area (Å²) in [5.74, 6) is 1.41. The Bertz CT molecular complexity index is 2110. The second-order valence-corrected chi connectivity index (χ2v) is 17.6. The summed E-state index contributed by atoms with van der Waals surface area (Å²) in [5.41, 5.74) is 3.97. The molecule has 1 amide bonds. The van der Waals surface area contributed by atoms with Gasteiger partial charge in [-0.1, -0.05) is 23.7 Å². The number of nitrogens with one attached hydrogen (secondary N) is 1. The number of rotatable bonds is 31. The minimum absolute atomic E-state index is 0.0685. The molecule has 0 aliphatic carbocycles. The Morgan fingerprint density at radius 3 is 1.70 bits per heavy atom. The Labute approximate surface area is 396 Å². The van der Waals surface area contributed by atoms with Gasteiger partial charge >= 0.3 is 5.97 Å². The first-order valence-electron chi connectivity index (χ1n) is 22.1. The van der Waals surface area contributed by atoms with Gasteiger partial charge < -0.3 is 52.7 Å². The molecule has 2 aromatic heterocycles. The van der Waals surface area contributed by atoms with Crippen molar-refractivity contribution in [1.82, 2.24) is 14.8 Å². The van der Waals surface area contributed by atoms with Crippen LogP contribution >= 0.6 is 22.9 Å². The van der Waals surface area contributed by atoms with E-state index in [0.717, 1.165) is 33.2 Å². The van der Waals surface area contributed by atoms with Crippen molar-refractivity contribution in [1.29, 1.82) is 0 Å². The number of fused-ring (bicyclic) bond motifs is 3. The smallest absolute Gasteiger partial charge is 0.332 e. The largest absolute Gasteiger partial charge is 0.491 e. The molecule has 0 spiro atoms. The van der Waals surface area contributed by atoms with Crippen LogP contribution in [0, 0.1) is 20.8 Å². The topological polar surface area (TPSA) is 182 Å². The first kappa shape index (κ1) is 52.6. The van der Waals surface area contributed by atoms with Gasteiger partial charge in [0.2, 0.25) is 5.91 Å². The lowest BCUT2D eigenvalue weighted by molar-refractivity contribution is -0.160. The van der Waals surface area contributed by atoms with E-state index < -0.39 is 17.6 Å². The first-order chi connectivity index (χ1) is 31.9. The average molecular weight is 959 g/mol. The van der Waals surface area contributed by atoms with Crippen LogP contribution in [0.3, 0.4) is 0 Å². The van der Waals surface area contributed by atoms with E-state index in [-0.39, 0.29) is 18.9 Å².